The van der Waals surface area contributed by atoms with Crippen LogP contribution in [0.5, 0.6) is 0 Å². The largest absolute Gasteiger partial charge is 0.393 e. The average molecular weight is 581 g/mol. The fourth-order valence-corrected chi connectivity index (χ4v) is 6.86. The van der Waals surface area contributed by atoms with Gasteiger partial charge in [0.05, 0.1) is 54.9 Å². The van der Waals surface area contributed by atoms with E-state index in [9.17, 15) is 20.4 Å². The van der Waals surface area contributed by atoms with Crippen molar-refractivity contribution in [3.63, 3.8) is 0 Å². The molecule has 8 N–H and O–H groups in total. The van der Waals surface area contributed by atoms with E-state index in [-0.39, 0.29) is 30.0 Å². The van der Waals surface area contributed by atoms with Crippen molar-refractivity contribution in [3.05, 3.63) is 36.2 Å². The predicted molar refractivity (Wildman–Crippen MR) is 157 cm³/mol. The van der Waals surface area contributed by atoms with Crippen molar-refractivity contribution in [3.8, 4) is 0 Å². The average Bonchev–Trinajstić information content (AvgIpc) is 3.67. The molecule has 7 atom stereocenters. The maximum atomic E-state index is 10.9. The lowest BCUT2D eigenvalue weighted by atomic mass is 9.86. The highest BCUT2D eigenvalue weighted by atomic mass is 16.3. The van der Waals surface area contributed by atoms with Crippen LogP contribution >= 0.6 is 0 Å². The Balaban J connectivity index is 0.000000169. The molecule has 0 spiro atoms. The first kappa shape index (κ1) is 29.8. The highest BCUT2D eigenvalue weighted by molar-refractivity contribution is 5.75. The van der Waals surface area contributed by atoms with Gasteiger partial charge in [-0.3, -0.25) is 0 Å². The second kappa shape index (κ2) is 11.2. The number of imidazole rings is 2. The number of aryl methyl sites for hydroxylation is 2. The highest BCUT2D eigenvalue weighted by Crippen LogP contribution is 2.46. The van der Waals surface area contributed by atoms with Gasteiger partial charge in [-0.2, -0.15) is 9.97 Å². The lowest BCUT2D eigenvalue weighted by Gasteiger charge is -2.34. The van der Waals surface area contributed by atoms with Crippen molar-refractivity contribution in [2.75, 3.05) is 18.1 Å². The summed E-state index contributed by atoms with van der Waals surface area (Å²) in [7, 11) is 0. The minimum Gasteiger partial charge on any atom is -0.393 e. The molecule has 2 saturated carbocycles. The Hall–Kier alpha value is -3.72. The summed E-state index contributed by atoms with van der Waals surface area (Å²) in [5.74, 6) is 0.107. The molecule has 226 valence electrons. The fraction of sp³-hybridized carbons (Fsp3) is 0.571. The zero-order chi connectivity index (χ0) is 30.5. The summed E-state index contributed by atoms with van der Waals surface area (Å²) < 4.78 is 3.65. The molecular formula is C28H40N10O4. The second-order valence-corrected chi connectivity index (χ2v) is 11.4. The number of fused-ring (bicyclic) bond motifs is 2. The Morgan fingerprint density at radius 3 is 1.93 bits per heavy atom. The lowest BCUT2D eigenvalue weighted by molar-refractivity contribution is -0.0853. The van der Waals surface area contributed by atoms with Crippen LogP contribution in [0.15, 0.2) is 24.8 Å². The number of nitrogen functional groups attached to an aromatic ring is 2. The lowest BCUT2D eigenvalue weighted by Crippen LogP contribution is -2.45. The van der Waals surface area contributed by atoms with Crippen molar-refractivity contribution < 1.29 is 20.4 Å². The summed E-state index contributed by atoms with van der Waals surface area (Å²) >= 11 is 0. The van der Waals surface area contributed by atoms with Crippen molar-refractivity contribution in [2.24, 2.45) is 11.8 Å². The number of aliphatic hydroxyl groups is 4. The van der Waals surface area contributed by atoms with E-state index in [1.807, 2.05) is 18.4 Å². The molecular weight excluding hydrogens is 540 g/mol. The van der Waals surface area contributed by atoms with Gasteiger partial charge in [-0.15, -0.1) is 0 Å². The van der Waals surface area contributed by atoms with Gasteiger partial charge in [0.25, 0.3) is 0 Å². The first-order valence-electron chi connectivity index (χ1n) is 14.3. The maximum absolute atomic E-state index is 10.9. The van der Waals surface area contributed by atoms with E-state index in [1.165, 1.54) is 0 Å². The molecule has 0 aromatic carbocycles. The third kappa shape index (κ3) is 4.77. The maximum Gasteiger partial charge on any atom is 0.222 e. The Kier molecular flexibility index (Phi) is 7.91. The van der Waals surface area contributed by atoms with Crippen LogP contribution in [-0.4, -0.2) is 83.9 Å². The van der Waals surface area contributed by atoms with E-state index in [4.69, 9.17) is 11.5 Å². The molecule has 4 heterocycles. The number of rotatable bonds is 5. The smallest absolute Gasteiger partial charge is 0.222 e. The van der Waals surface area contributed by atoms with E-state index in [1.54, 1.807) is 24.1 Å². The van der Waals surface area contributed by atoms with Crippen LogP contribution in [0.25, 0.3) is 22.3 Å². The summed E-state index contributed by atoms with van der Waals surface area (Å²) in [5.41, 5.74) is 15.0. The van der Waals surface area contributed by atoms with Gasteiger partial charge in [0.2, 0.25) is 11.9 Å². The molecule has 4 aromatic rings. The fourth-order valence-electron chi connectivity index (χ4n) is 6.86. The third-order valence-corrected chi connectivity index (χ3v) is 9.01. The molecule has 6 rings (SSSR count). The Morgan fingerprint density at radius 2 is 1.43 bits per heavy atom. The van der Waals surface area contributed by atoms with Crippen molar-refractivity contribution in [1.29, 1.82) is 0 Å². The topological polar surface area (TPSA) is 220 Å². The molecule has 0 aliphatic heterocycles. The van der Waals surface area contributed by atoms with Gasteiger partial charge in [0.1, 0.15) is 16.6 Å². The van der Waals surface area contributed by atoms with Crippen molar-refractivity contribution >= 4 is 34.2 Å². The quantitative estimate of drug-likeness (QED) is 0.184. The van der Waals surface area contributed by atoms with E-state index < -0.39 is 30.3 Å². The number of anilines is 2. The number of nitrogens with zero attached hydrogens (tertiary/aromatic N) is 8. The molecule has 4 aromatic heterocycles. The summed E-state index contributed by atoms with van der Waals surface area (Å²) in [6.07, 6.45) is 4.68. The molecule has 0 amide bonds. The summed E-state index contributed by atoms with van der Waals surface area (Å²) in [6.45, 7) is 11.3. The molecule has 0 unspecified atom stereocenters. The molecule has 0 saturated heterocycles. The monoisotopic (exact) mass is 580 g/mol. The number of hydrogen-bond donors (Lipinski definition) is 6. The number of aliphatic hydroxyl groups excluding tert-OH is 3. The third-order valence-electron chi connectivity index (χ3n) is 9.01. The second-order valence-electron chi connectivity index (χ2n) is 11.4. The normalized spacial score (nSPS) is 29.4. The van der Waals surface area contributed by atoms with Gasteiger partial charge >= 0.3 is 0 Å². The molecule has 14 nitrogen and oxygen atoms in total. The van der Waals surface area contributed by atoms with Crippen LogP contribution < -0.4 is 11.5 Å². The first-order chi connectivity index (χ1) is 19.9. The zero-order valence-electron chi connectivity index (χ0n) is 24.4. The van der Waals surface area contributed by atoms with E-state index in [2.05, 4.69) is 43.4 Å². The zero-order valence-corrected chi connectivity index (χ0v) is 24.4. The summed E-state index contributed by atoms with van der Waals surface area (Å²) in [5, 5.41) is 41.1. The number of hydrogen-bond acceptors (Lipinski definition) is 12. The Bertz CT molecular complexity index is 1620. The van der Waals surface area contributed by atoms with Gasteiger partial charge in [-0.05, 0) is 45.1 Å². The Labute approximate surface area is 243 Å². The van der Waals surface area contributed by atoms with Crippen LogP contribution in [0.1, 0.15) is 63.0 Å². The number of aromatic nitrogens is 8. The minimum absolute atomic E-state index is 0.0219. The van der Waals surface area contributed by atoms with Gasteiger partial charge in [-0.1, -0.05) is 20.4 Å². The number of nitrogens with two attached hydrogens (primary N) is 2. The molecule has 2 aliphatic rings. The van der Waals surface area contributed by atoms with Gasteiger partial charge in [0.15, 0.2) is 11.3 Å². The predicted octanol–water partition coefficient (Wildman–Crippen LogP) is 1.38. The van der Waals surface area contributed by atoms with Crippen LogP contribution in [-0.2, 0) is 0 Å². The van der Waals surface area contributed by atoms with Crippen LogP contribution in [0.4, 0.5) is 11.9 Å². The van der Waals surface area contributed by atoms with Crippen LogP contribution in [0.2, 0.25) is 0 Å². The van der Waals surface area contributed by atoms with Crippen molar-refractivity contribution in [2.45, 2.75) is 83.3 Å². The molecule has 2 aliphatic carbocycles. The summed E-state index contributed by atoms with van der Waals surface area (Å²) in [4.78, 5) is 25.4. The first-order valence-corrected chi connectivity index (χ1v) is 14.3. The molecule has 0 radical (unpaired) electrons. The van der Waals surface area contributed by atoms with Crippen LogP contribution in [0.3, 0.4) is 0 Å². The van der Waals surface area contributed by atoms with E-state index in [0.717, 1.165) is 23.2 Å². The standard InChI is InChI=1S/C14H21N5O3.C14H19N5O/c1-3-8-9(21)4-10(14(8,22)5-20)19-6-16-11-7(2)17-13(15)18-12(11)19;1-4-9-7(2)10(5-11(9)20)19-6-16-12-8(3)17-14(15)18-13(12)19/h6,8-10,20-22H,3-5H2,1-2H3,(H2,15,17,18);6,9-11,20H,2,4-5H2,1,3H3,(H2,15,17,18)/t8-,9+,10+,14+;9-,10-,11-/m10/s1. The summed E-state index contributed by atoms with van der Waals surface area (Å²) in [6, 6.07) is -0.496. The van der Waals surface area contributed by atoms with Gasteiger partial charge < -0.3 is 41.0 Å². The minimum atomic E-state index is -1.42. The van der Waals surface area contributed by atoms with Crippen LogP contribution in [0, 0.1) is 25.7 Å². The SMILES string of the molecule is C=C1[C@H](CC)[C@@H](O)C[C@@H]1n1cnc2c(C)nc(N)nc21.CC[C@@H]1[C@@H](O)C[C@H](n2cnc3c(C)nc(N)nc32)[C@]1(O)CO. The molecule has 42 heavy (non-hydrogen) atoms. The molecule has 2 fully saturated rings. The molecule has 0 bridgehead atoms. The van der Waals surface area contributed by atoms with Gasteiger partial charge in [-0.25, -0.2) is 19.9 Å². The highest BCUT2D eigenvalue weighted by Gasteiger charge is 2.54. The molecule has 14 heteroatoms. The van der Waals surface area contributed by atoms with E-state index >= 15 is 0 Å². The van der Waals surface area contributed by atoms with E-state index in [0.29, 0.717) is 41.8 Å². The van der Waals surface area contributed by atoms with Crippen molar-refractivity contribution in [1.82, 2.24) is 39.0 Å². The Morgan fingerprint density at radius 1 is 0.881 bits per heavy atom. The van der Waals surface area contributed by atoms with Gasteiger partial charge in [0, 0.05) is 11.8 Å².